The lowest BCUT2D eigenvalue weighted by Gasteiger charge is -2.09. The number of rotatable bonds is 10. The highest BCUT2D eigenvalue weighted by atomic mass is 32.2. The summed E-state index contributed by atoms with van der Waals surface area (Å²) in [5.41, 5.74) is 3.69. The number of methoxy groups -OCH3 is 1. The van der Waals surface area contributed by atoms with Crippen LogP contribution < -0.4 is 0 Å². The van der Waals surface area contributed by atoms with Gasteiger partial charge in [0.05, 0.1) is 18.9 Å². The highest BCUT2D eigenvalue weighted by Crippen LogP contribution is 2.25. The third-order valence-corrected chi connectivity index (χ3v) is 5.66. The van der Waals surface area contributed by atoms with Crippen LogP contribution in [0, 0.1) is 13.8 Å². The minimum atomic E-state index is 0.0742. The minimum absolute atomic E-state index is 0.0742. The Kier molecular flexibility index (Phi) is 7.00. The van der Waals surface area contributed by atoms with E-state index in [-0.39, 0.29) is 5.78 Å². The van der Waals surface area contributed by atoms with Gasteiger partial charge in [-0.1, -0.05) is 17.8 Å². The zero-order valence-corrected chi connectivity index (χ0v) is 17.8. The van der Waals surface area contributed by atoms with Crippen molar-refractivity contribution in [2.75, 3.05) is 19.5 Å². The Morgan fingerprint density at radius 3 is 2.69 bits per heavy atom. The molecule has 0 bridgehead atoms. The summed E-state index contributed by atoms with van der Waals surface area (Å²) in [6.07, 6.45) is 5.28. The SMILES string of the molecule is C=CCn1c(C)cc(C(=O)CSc2nnc(-c3ccncc3)n2CCOC)c1C. The van der Waals surface area contributed by atoms with Crippen molar-refractivity contribution in [1.29, 1.82) is 0 Å². The number of pyridine rings is 1. The van der Waals surface area contributed by atoms with Crippen LogP contribution in [0.3, 0.4) is 0 Å². The van der Waals surface area contributed by atoms with Gasteiger partial charge in [0.25, 0.3) is 0 Å². The number of carbonyl (C=O) groups is 1. The van der Waals surface area contributed by atoms with Crippen molar-refractivity contribution in [3.63, 3.8) is 0 Å². The lowest BCUT2D eigenvalue weighted by atomic mass is 10.2. The molecule has 0 radical (unpaired) electrons. The molecule has 3 aromatic rings. The van der Waals surface area contributed by atoms with Gasteiger partial charge >= 0.3 is 0 Å². The van der Waals surface area contributed by atoms with Gasteiger partial charge in [-0.15, -0.1) is 16.8 Å². The molecule has 3 aromatic heterocycles. The third-order valence-electron chi connectivity index (χ3n) is 4.69. The van der Waals surface area contributed by atoms with Crippen molar-refractivity contribution in [3.05, 3.63) is 60.2 Å². The van der Waals surface area contributed by atoms with Gasteiger partial charge in [0.2, 0.25) is 0 Å². The predicted octanol–water partition coefficient (Wildman–Crippen LogP) is 3.57. The first-order valence-corrected chi connectivity index (χ1v) is 10.3. The Bertz CT molecular complexity index is 994. The largest absolute Gasteiger partial charge is 0.383 e. The lowest BCUT2D eigenvalue weighted by Crippen LogP contribution is -2.10. The van der Waals surface area contributed by atoms with Gasteiger partial charge in [-0.3, -0.25) is 14.3 Å². The summed E-state index contributed by atoms with van der Waals surface area (Å²) in [6, 6.07) is 5.72. The Morgan fingerprint density at radius 2 is 2.00 bits per heavy atom. The maximum atomic E-state index is 12.9. The number of nitrogens with zero attached hydrogens (tertiary/aromatic N) is 5. The third kappa shape index (κ3) is 4.65. The predicted molar refractivity (Wildman–Crippen MR) is 114 cm³/mol. The van der Waals surface area contributed by atoms with E-state index in [1.807, 2.05) is 42.7 Å². The topological polar surface area (TPSA) is 74.8 Å². The quantitative estimate of drug-likeness (QED) is 0.288. The first-order valence-electron chi connectivity index (χ1n) is 9.33. The lowest BCUT2D eigenvalue weighted by molar-refractivity contribution is 0.102. The summed E-state index contributed by atoms with van der Waals surface area (Å²) in [6.45, 7) is 9.58. The maximum absolute atomic E-state index is 12.9. The first kappa shape index (κ1) is 21.0. The molecule has 0 aliphatic rings. The van der Waals surface area contributed by atoms with E-state index >= 15 is 0 Å². The molecule has 8 heteroatoms. The smallest absolute Gasteiger partial charge is 0.192 e. The number of hydrogen-bond donors (Lipinski definition) is 0. The van der Waals surface area contributed by atoms with E-state index in [2.05, 4.69) is 26.3 Å². The van der Waals surface area contributed by atoms with Gasteiger partial charge in [-0.2, -0.15) is 0 Å². The second-order valence-corrected chi connectivity index (χ2v) is 7.52. The molecule has 0 N–H and O–H groups in total. The molecule has 0 atom stereocenters. The fourth-order valence-corrected chi connectivity index (χ4v) is 4.04. The monoisotopic (exact) mass is 411 g/mol. The average molecular weight is 412 g/mol. The van der Waals surface area contributed by atoms with Crippen molar-refractivity contribution in [1.82, 2.24) is 24.3 Å². The molecule has 3 rings (SSSR count). The highest BCUT2D eigenvalue weighted by molar-refractivity contribution is 7.99. The Morgan fingerprint density at radius 1 is 1.24 bits per heavy atom. The second-order valence-electron chi connectivity index (χ2n) is 6.58. The molecular weight excluding hydrogens is 386 g/mol. The van der Waals surface area contributed by atoms with Crippen LogP contribution in [-0.2, 0) is 17.8 Å². The number of ether oxygens (including phenoxy) is 1. The summed E-state index contributed by atoms with van der Waals surface area (Å²) in [4.78, 5) is 16.9. The Hall–Kier alpha value is -2.71. The van der Waals surface area contributed by atoms with E-state index in [0.29, 0.717) is 30.6 Å². The molecule has 0 saturated carbocycles. The molecule has 0 amide bonds. The number of thioether (sulfide) groups is 1. The molecule has 3 heterocycles. The number of allylic oxidation sites excluding steroid dienone is 1. The molecule has 0 unspecified atom stereocenters. The summed E-state index contributed by atoms with van der Waals surface area (Å²) >= 11 is 1.39. The summed E-state index contributed by atoms with van der Waals surface area (Å²) in [5.74, 6) is 1.11. The second kappa shape index (κ2) is 9.67. The van der Waals surface area contributed by atoms with Crippen LogP contribution >= 0.6 is 11.8 Å². The average Bonchev–Trinajstić information content (AvgIpc) is 3.27. The molecule has 29 heavy (non-hydrogen) atoms. The van der Waals surface area contributed by atoms with Crippen LogP contribution in [-0.4, -0.2) is 49.6 Å². The number of aryl methyl sites for hydroxylation is 1. The van der Waals surface area contributed by atoms with E-state index in [1.54, 1.807) is 19.5 Å². The summed E-state index contributed by atoms with van der Waals surface area (Å²) < 4.78 is 9.31. The highest BCUT2D eigenvalue weighted by Gasteiger charge is 2.19. The Balaban J connectivity index is 1.80. The molecule has 0 spiro atoms. The van der Waals surface area contributed by atoms with Gasteiger partial charge in [0.15, 0.2) is 16.8 Å². The van der Waals surface area contributed by atoms with Crippen molar-refractivity contribution >= 4 is 17.5 Å². The molecule has 7 nitrogen and oxygen atoms in total. The molecule has 0 aliphatic heterocycles. The van der Waals surface area contributed by atoms with Gasteiger partial charge in [0.1, 0.15) is 0 Å². The Labute approximate surface area is 174 Å². The van der Waals surface area contributed by atoms with E-state index < -0.39 is 0 Å². The van der Waals surface area contributed by atoms with Crippen molar-refractivity contribution in [2.24, 2.45) is 0 Å². The normalized spacial score (nSPS) is 11.0. The van der Waals surface area contributed by atoms with Crippen molar-refractivity contribution < 1.29 is 9.53 Å². The number of hydrogen-bond acceptors (Lipinski definition) is 6. The first-order chi connectivity index (χ1) is 14.1. The van der Waals surface area contributed by atoms with Crippen LogP contribution in [0.2, 0.25) is 0 Å². The van der Waals surface area contributed by atoms with Crippen molar-refractivity contribution in [3.8, 4) is 11.4 Å². The van der Waals surface area contributed by atoms with Gasteiger partial charge in [-0.05, 0) is 32.0 Å². The van der Waals surface area contributed by atoms with Crippen molar-refractivity contribution in [2.45, 2.75) is 32.1 Å². The summed E-state index contributed by atoms with van der Waals surface area (Å²) in [5, 5.41) is 9.34. The van der Waals surface area contributed by atoms with E-state index in [4.69, 9.17) is 4.74 Å². The number of Topliss-reactive ketones (excluding diaryl/α,β-unsaturated/α-hetero) is 1. The van der Waals surface area contributed by atoms with Gasteiger partial charge in [-0.25, -0.2) is 0 Å². The molecule has 152 valence electrons. The zero-order chi connectivity index (χ0) is 20.8. The minimum Gasteiger partial charge on any atom is -0.383 e. The number of aromatic nitrogens is 5. The van der Waals surface area contributed by atoms with E-state index in [0.717, 1.165) is 28.3 Å². The molecule has 0 aromatic carbocycles. The molecule has 0 saturated heterocycles. The van der Waals surface area contributed by atoms with Crippen LogP contribution in [0.5, 0.6) is 0 Å². The van der Waals surface area contributed by atoms with Gasteiger partial charge < -0.3 is 9.30 Å². The van der Waals surface area contributed by atoms with E-state index in [9.17, 15) is 4.79 Å². The molecular formula is C21H25N5O2S. The van der Waals surface area contributed by atoms with Crippen LogP contribution in [0.1, 0.15) is 21.7 Å². The van der Waals surface area contributed by atoms with Crippen LogP contribution in [0.25, 0.3) is 11.4 Å². The van der Waals surface area contributed by atoms with Crippen LogP contribution in [0.15, 0.2) is 48.4 Å². The van der Waals surface area contributed by atoms with Gasteiger partial charge in [0, 0.05) is 48.6 Å². The molecule has 0 fully saturated rings. The number of carbonyl (C=O) groups excluding carboxylic acids is 1. The summed E-state index contributed by atoms with van der Waals surface area (Å²) in [7, 11) is 1.66. The fraction of sp³-hybridized carbons (Fsp3) is 0.333. The standard InChI is InChI=1S/C21H25N5O2S/c1-5-10-25-15(2)13-18(16(25)3)19(27)14-29-21-24-23-20(26(21)11-12-28-4)17-6-8-22-9-7-17/h5-9,13H,1,10-12,14H2,2-4H3. The molecule has 0 aliphatic carbocycles. The number of ketones is 1. The zero-order valence-electron chi connectivity index (χ0n) is 17.0. The van der Waals surface area contributed by atoms with E-state index in [1.165, 1.54) is 11.8 Å². The maximum Gasteiger partial charge on any atom is 0.192 e. The fourth-order valence-electron chi connectivity index (χ4n) is 3.20. The van der Waals surface area contributed by atoms with Crippen LogP contribution in [0.4, 0.5) is 0 Å².